The minimum atomic E-state index is -0.841. The first-order chi connectivity index (χ1) is 37.5. The van der Waals surface area contributed by atoms with Gasteiger partial charge in [-0.05, 0) is 57.8 Å². The van der Waals surface area contributed by atoms with Crippen LogP contribution in [0.4, 0.5) is 0 Å². The average Bonchev–Trinajstić information content (AvgIpc) is 3.42. The third kappa shape index (κ3) is 61.6. The molecule has 450 valence electrons. The molecule has 0 rings (SSSR count). The van der Waals surface area contributed by atoms with Crippen LogP contribution in [0.25, 0.3) is 0 Å². The van der Waals surface area contributed by atoms with Gasteiger partial charge in [0.25, 0.3) is 0 Å². The fourth-order valence-electron chi connectivity index (χ4n) is 10.9. The Bertz CT molecular complexity index is 1190. The first kappa shape index (κ1) is 74.3. The molecule has 3 N–H and O–H groups in total. The molecule has 6 heteroatoms. The van der Waals surface area contributed by atoms with Gasteiger partial charge in [0.1, 0.15) is 0 Å². The quantitative estimate of drug-likeness (QED) is 0.0320. The maximum atomic E-state index is 12.4. The minimum Gasteiger partial charge on any atom is -0.466 e. The molecule has 0 aromatic heterocycles. The van der Waals surface area contributed by atoms with Gasteiger partial charge < -0.3 is 20.3 Å². The lowest BCUT2D eigenvalue weighted by Crippen LogP contribution is -2.45. The van der Waals surface area contributed by atoms with Gasteiger partial charge in [-0.3, -0.25) is 9.59 Å². The van der Waals surface area contributed by atoms with Gasteiger partial charge >= 0.3 is 5.97 Å². The second-order valence-corrected chi connectivity index (χ2v) is 23.9. The van der Waals surface area contributed by atoms with Crippen LogP contribution >= 0.6 is 0 Å². The zero-order valence-corrected chi connectivity index (χ0v) is 51.5. The largest absolute Gasteiger partial charge is 0.466 e. The number of ether oxygens (including phenoxy) is 1. The minimum absolute atomic E-state index is 0.0221. The predicted molar refractivity (Wildman–Crippen MR) is 333 cm³/mol. The van der Waals surface area contributed by atoms with Crippen molar-refractivity contribution >= 4 is 11.9 Å². The summed E-state index contributed by atoms with van der Waals surface area (Å²) in [5, 5.41) is 23.0. The van der Waals surface area contributed by atoms with Crippen molar-refractivity contribution in [1.29, 1.82) is 0 Å². The highest BCUT2D eigenvalue weighted by Crippen LogP contribution is 2.18. The summed E-state index contributed by atoms with van der Waals surface area (Å²) in [5.41, 5.74) is 0. The van der Waals surface area contributed by atoms with Crippen molar-refractivity contribution in [2.45, 2.75) is 398 Å². The van der Waals surface area contributed by atoms with E-state index in [4.69, 9.17) is 4.74 Å². The highest BCUT2D eigenvalue weighted by Gasteiger charge is 2.18. The summed E-state index contributed by atoms with van der Waals surface area (Å²) in [5.74, 6) is -0.0449. The standard InChI is InChI=1S/C70H135NO5/c1-3-5-7-9-11-13-15-16-17-18-31-35-38-41-44-48-52-56-60-64-70(75)76-65-61-57-53-49-45-42-39-36-33-30-28-26-24-22-20-19-21-23-25-27-29-32-34-37-40-43-47-51-55-59-63-69(74)71-67(66-72)68(73)62-58-54-50-46-14-12-10-8-6-4-2/h20,22,58,62,67-68,72-73H,3-19,21,23-57,59-61,63-66H2,1-2H3,(H,71,74)/b22-20-,62-58+. The Morgan fingerprint density at radius 1 is 0.355 bits per heavy atom. The third-order valence-electron chi connectivity index (χ3n) is 16.2. The van der Waals surface area contributed by atoms with E-state index in [9.17, 15) is 19.8 Å². The molecule has 0 aliphatic rings. The fourth-order valence-corrected chi connectivity index (χ4v) is 10.9. The maximum Gasteiger partial charge on any atom is 0.305 e. The van der Waals surface area contributed by atoms with Crippen LogP contribution in [0.5, 0.6) is 0 Å². The highest BCUT2D eigenvalue weighted by molar-refractivity contribution is 5.76. The van der Waals surface area contributed by atoms with E-state index in [1.54, 1.807) is 6.08 Å². The molecule has 0 aliphatic heterocycles. The number of hydrogen-bond donors (Lipinski definition) is 3. The molecule has 0 radical (unpaired) electrons. The molecule has 0 heterocycles. The summed E-state index contributed by atoms with van der Waals surface area (Å²) in [7, 11) is 0. The van der Waals surface area contributed by atoms with Crippen LogP contribution in [0.3, 0.4) is 0 Å². The Hall–Kier alpha value is -1.66. The monoisotopic (exact) mass is 1070 g/mol. The smallest absolute Gasteiger partial charge is 0.305 e. The molecule has 0 fully saturated rings. The van der Waals surface area contributed by atoms with Crippen molar-refractivity contribution in [2.75, 3.05) is 13.2 Å². The molecular formula is C70H135NO5. The summed E-state index contributed by atoms with van der Waals surface area (Å²) in [4.78, 5) is 24.5. The highest BCUT2D eigenvalue weighted by atomic mass is 16.5. The lowest BCUT2D eigenvalue weighted by Gasteiger charge is -2.20. The van der Waals surface area contributed by atoms with Crippen LogP contribution in [0.1, 0.15) is 386 Å². The Morgan fingerprint density at radius 2 is 0.618 bits per heavy atom. The zero-order chi connectivity index (χ0) is 55.0. The molecule has 6 nitrogen and oxygen atoms in total. The van der Waals surface area contributed by atoms with Crippen LogP contribution in [-0.2, 0) is 14.3 Å². The summed E-state index contributed by atoms with van der Waals surface area (Å²) < 4.78 is 5.51. The number of amides is 1. The lowest BCUT2D eigenvalue weighted by molar-refractivity contribution is -0.143. The zero-order valence-electron chi connectivity index (χ0n) is 51.5. The number of esters is 1. The van der Waals surface area contributed by atoms with Crippen molar-refractivity contribution < 1.29 is 24.5 Å². The summed E-state index contributed by atoms with van der Waals surface area (Å²) in [6, 6.07) is -0.625. The van der Waals surface area contributed by atoms with Crippen LogP contribution in [0.2, 0.25) is 0 Å². The van der Waals surface area contributed by atoms with E-state index in [-0.39, 0.29) is 18.5 Å². The van der Waals surface area contributed by atoms with E-state index in [1.807, 2.05) is 6.08 Å². The van der Waals surface area contributed by atoms with Crippen molar-refractivity contribution in [3.63, 3.8) is 0 Å². The number of carbonyl (C=O) groups is 2. The number of aliphatic hydroxyl groups is 2. The molecule has 1 amide bonds. The molecule has 0 bridgehead atoms. The Labute approximate surface area is 475 Å². The number of carbonyl (C=O) groups excluding carboxylic acids is 2. The number of allylic oxidation sites excluding steroid dienone is 3. The maximum absolute atomic E-state index is 12.4. The van der Waals surface area contributed by atoms with Gasteiger partial charge in [0.05, 0.1) is 25.4 Å². The normalized spacial score (nSPS) is 12.6. The topological polar surface area (TPSA) is 95.9 Å². The molecule has 2 atom stereocenters. The molecule has 0 aliphatic carbocycles. The Morgan fingerprint density at radius 3 is 0.934 bits per heavy atom. The molecular weight excluding hydrogens is 935 g/mol. The van der Waals surface area contributed by atoms with Gasteiger partial charge in [-0.2, -0.15) is 0 Å². The Kier molecular flexibility index (Phi) is 64.4. The summed E-state index contributed by atoms with van der Waals surface area (Å²) in [6.07, 6.45) is 82.7. The summed E-state index contributed by atoms with van der Waals surface area (Å²) >= 11 is 0. The first-order valence-electron chi connectivity index (χ1n) is 34.6. The SMILES string of the molecule is CCCCCCCCCC/C=C/C(O)C(CO)NC(=O)CCCCCCCCCCCCCCCC/C=C\CCCCCCCCCCCCCCOC(=O)CCCCCCCCCCCCCCCCCCCCC. The number of aliphatic hydroxyl groups excluding tert-OH is 2. The molecule has 76 heavy (non-hydrogen) atoms. The fraction of sp³-hybridized carbons (Fsp3) is 0.914. The molecule has 0 saturated carbocycles. The number of nitrogens with one attached hydrogen (secondary N) is 1. The van der Waals surface area contributed by atoms with Gasteiger partial charge in [-0.1, -0.05) is 340 Å². The summed E-state index contributed by atoms with van der Waals surface area (Å²) in [6.45, 7) is 4.92. The van der Waals surface area contributed by atoms with Crippen molar-refractivity contribution in [3.8, 4) is 0 Å². The second kappa shape index (κ2) is 65.9. The molecule has 0 spiro atoms. The van der Waals surface area contributed by atoms with Crippen LogP contribution in [-0.4, -0.2) is 47.4 Å². The molecule has 0 saturated heterocycles. The molecule has 0 aromatic carbocycles. The Balaban J connectivity index is 3.33. The number of hydrogen-bond acceptors (Lipinski definition) is 5. The van der Waals surface area contributed by atoms with Gasteiger partial charge in [-0.25, -0.2) is 0 Å². The van der Waals surface area contributed by atoms with Crippen LogP contribution in [0.15, 0.2) is 24.3 Å². The molecule has 0 aromatic rings. The first-order valence-corrected chi connectivity index (χ1v) is 34.6. The van der Waals surface area contributed by atoms with Gasteiger partial charge in [0.2, 0.25) is 5.91 Å². The van der Waals surface area contributed by atoms with E-state index < -0.39 is 12.1 Å². The lowest BCUT2D eigenvalue weighted by atomic mass is 10.0. The van der Waals surface area contributed by atoms with E-state index >= 15 is 0 Å². The number of unbranched alkanes of at least 4 members (excludes halogenated alkanes) is 52. The predicted octanol–water partition coefficient (Wildman–Crippen LogP) is 22.1. The van der Waals surface area contributed by atoms with Crippen molar-refractivity contribution in [1.82, 2.24) is 5.32 Å². The van der Waals surface area contributed by atoms with E-state index in [0.717, 1.165) is 38.5 Å². The van der Waals surface area contributed by atoms with Crippen LogP contribution in [0, 0.1) is 0 Å². The average molecular weight is 1070 g/mol. The second-order valence-electron chi connectivity index (χ2n) is 23.9. The third-order valence-corrected chi connectivity index (χ3v) is 16.2. The van der Waals surface area contributed by atoms with E-state index in [1.165, 1.54) is 321 Å². The molecule has 2 unspecified atom stereocenters. The van der Waals surface area contributed by atoms with Gasteiger partial charge in [0.15, 0.2) is 0 Å². The van der Waals surface area contributed by atoms with Crippen LogP contribution < -0.4 is 5.32 Å². The van der Waals surface area contributed by atoms with Gasteiger partial charge in [0, 0.05) is 12.8 Å². The van der Waals surface area contributed by atoms with E-state index in [0.29, 0.717) is 19.4 Å². The van der Waals surface area contributed by atoms with Gasteiger partial charge in [-0.15, -0.1) is 0 Å². The van der Waals surface area contributed by atoms with Crippen molar-refractivity contribution in [2.24, 2.45) is 0 Å². The number of rotatable bonds is 65. The van der Waals surface area contributed by atoms with E-state index in [2.05, 4.69) is 31.3 Å². The van der Waals surface area contributed by atoms with Crippen molar-refractivity contribution in [3.05, 3.63) is 24.3 Å².